The first-order valence-corrected chi connectivity index (χ1v) is 13.5. The van der Waals surface area contributed by atoms with Gasteiger partial charge in [0.2, 0.25) is 5.91 Å². The Morgan fingerprint density at radius 3 is 2.03 bits per heavy atom. The summed E-state index contributed by atoms with van der Waals surface area (Å²) >= 11 is 0. The van der Waals surface area contributed by atoms with Crippen LogP contribution in [0.4, 0.5) is 5.69 Å². The first kappa shape index (κ1) is 26.0. The van der Waals surface area contributed by atoms with Gasteiger partial charge in [0.25, 0.3) is 10.0 Å². The number of carbonyl (C=O) groups excluding carboxylic acids is 1. The molecule has 1 atom stereocenters. The Morgan fingerprint density at radius 2 is 1.38 bits per heavy atom. The number of para-hydroxylation sites is 2. The minimum Gasteiger partial charge on any atom is -0.492 e. The molecule has 0 bridgehead atoms. The van der Waals surface area contributed by atoms with Crippen molar-refractivity contribution in [3.05, 3.63) is 126 Å². The van der Waals surface area contributed by atoms with Gasteiger partial charge in [-0.05, 0) is 49.2 Å². The summed E-state index contributed by atoms with van der Waals surface area (Å²) in [5, 5.41) is 3.06. The smallest absolute Gasteiger partial charge is 0.264 e. The molecule has 6 nitrogen and oxygen atoms in total. The molecule has 0 spiro atoms. The van der Waals surface area contributed by atoms with Crippen molar-refractivity contribution in [2.24, 2.45) is 0 Å². The molecule has 0 saturated heterocycles. The first-order valence-electron chi connectivity index (χ1n) is 12.1. The van der Waals surface area contributed by atoms with E-state index in [-0.39, 0.29) is 4.90 Å². The number of nitrogens with zero attached hydrogens (tertiary/aromatic N) is 1. The second kappa shape index (κ2) is 11.8. The van der Waals surface area contributed by atoms with Gasteiger partial charge in [0.05, 0.1) is 23.2 Å². The zero-order valence-corrected chi connectivity index (χ0v) is 21.7. The lowest BCUT2D eigenvalue weighted by atomic mass is 9.98. The Labute approximate surface area is 218 Å². The van der Waals surface area contributed by atoms with Gasteiger partial charge in [-0.1, -0.05) is 90.5 Å². The van der Waals surface area contributed by atoms with Gasteiger partial charge in [0.1, 0.15) is 12.3 Å². The monoisotopic (exact) mass is 514 g/mol. The van der Waals surface area contributed by atoms with Crippen molar-refractivity contribution in [2.75, 3.05) is 17.5 Å². The SMILES string of the molecule is CCOc1ccccc1N(CC(=O)N[C@H](c1ccccc1)c1ccc(C)cc1)S(=O)(=O)c1ccccc1. The molecule has 1 amide bonds. The quantitative estimate of drug-likeness (QED) is 0.303. The number of carbonyl (C=O) groups is 1. The molecule has 0 radical (unpaired) electrons. The van der Waals surface area contributed by atoms with Crippen molar-refractivity contribution in [3.63, 3.8) is 0 Å². The summed E-state index contributed by atoms with van der Waals surface area (Å²) in [6, 6.07) is 32.0. The maximum absolute atomic E-state index is 13.8. The van der Waals surface area contributed by atoms with E-state index in [0.717, 1.165) is 21.0 Å². The number of ether oxygens (including phenoxy) is 1. The third-order valence-electron chi connectivity index (χ3n) is 5.90. The van der Waals surface area contributed by atoms with Crippen molar-refractivity contribution in [3.8, 4) is 5.75 Å². The van der Waals surface area contributed by atoms with E-state index in [4.69, 9.17) is 4.74 Å². The normalized spacial score (nSPS) is 11.9. The summed E-state index contributed by atoms with van der Waals surface area (Å²) in [4.78, 5) is 13.6. The molecule has 0 fully saturated rings. The van der Waals surface area contributed by atoms with Crippen molar-refractivity contribution in [1.82, 2.24) is 5.32 Å². The van der Waals surface area contributed by atoms with E-state index in [2.05, 4.69) is 5.32 Å². The van der Waals surface area contributed by atoms with Gasteiger partial charge < -0.3 is 10.1 Å². The lowest BCUT2D eigenvalue weighted by Gasteiger charge is -2.27. The fourth-order valence-electron chi connectivity index (χ4n) is 4.06. The van der Waals surface area contributed by atoms with Crippen molar-refractivity contribution in [1.29, 1.82) is 0 Å². The van der Waals surface area contributed by atoms with Gasteiger partial charge in [-0.3, -0.25) is 9.10 Å². The summed E-state index contributed by atoms with van der Waals surface area (Å²) in [6.07, 6.45) is 0. The van der Waals surface area contributed by atoms with E-state index >= 15 is 0 Å². The van der Waals surface area contributed by atoms with E-state index in [1.807, 2.05) is 68.4 Å². The summed E-state index contributed by atoms with van der Waals surface area (Å²) < 4.78 is 34.4. The molecule has 0 aliphatic carbocycles. The fourth-order valence-corrected chi connectivity index (χ4v) is 5.51. The molecule has 4 aromatic carbocycles. The second-order valence-corrected chi connectivity index (χ2v) is 10.4. The van der Waals surface area contributed by atoms with Crippen LogP contribution in [0.3, 0.4) is 0 Å². The molecule has 0 aromatic heterocycles. The third-order valence-corrected chi connectivity index (χ3v) is 7.68. The lowest BCUT2D eigenvalue weighted by Crippen LogP contribution is -2.42. The highest BCUT2D eigenvalue weighted by molar-refractivity contribution is 7.92. The van der Waals surface area contributed by atoms with Gasteiger partial charge in [0.15, 0.2) is 0 Å². The molecule has 4 rings (SSSR count). The topological polar surface area (TPSA) is 75.7 Å². The van der Waals surface area contributed by atoms with Crippen LogP contribution in [0.15, 0.2) is 114 Å². The molecule has 0 aliphatic rings. The van der Waals surface area contributed by atoms with Crippen LogP contribution in [0.25, 0.3) is 0 Å². The van der Waals surface area contributed by atoms with Crippen LogP contribution in [0, 0.1) is 6.92 Å². The van der Waals surface area contributed by atoms with Gasteiger partial charge >= 0.3 is 0 Å². The standard InChI is InChI=1S/C30H30N2O4S/c1-3-36-28-17-11-10-16-27(28)32(37(34,35)26-14-8-5-9-15-26)22-29(33)31-30(24-12-6-4-7-13-24)25-20-18-23(2)19-21-25/h4-21,30H,3,22H2,1-2H3,(H,31,33)/t30-/m1/s1. The molecular formula is C30H30N2O4S. The van der Waals surface area contributed by atoms with Crippen molar-refractivity contribution in [2.45, 2.75) is 24.8 Å². The number of rotatable bonds is 10. The Morgan fingerprint density at radius 1 is 0.811 bits per heavy atom. The molecule has 0 heterocycles. The number of amides is 1. The summed E-state index contributed by atoms with van der Waals surface area (Å²) in [5.41, 5.74) is 3.20. The van der Waals surface area contributed by atoms with E-state index in [1.54, 1.807) is 42.5 Å². The average Bonchev–Trinajstić information content (AvgIpc) is 2.92. The van der Waals surface area contributed by atoms with Crippen LogP contribution >= 0.6 is 0 Å². The van der Waals surface area contributed by atoms with Gasteiger partial charge in [0, 0.05) is 0 Å². The van der Waals surface area contributed by atoms with E-state index in [9.17, 15) is 13.2 Å². The summed E-state index contributed by atoms with van der Waals surface area (Å²) in [7, 11) is -4.07. The maximum Gasteiger partial charge on any atom is 0.264 e. The number of sulfonamides is 1. The van der Waals surface area contributed by atoms with Gasteiger partial charge in [-0.15, -0.1) is 0 Å². The van der Waals surface area contributed by atoms with E-state index in [0.29, 0.717) is 18.0 Å². The number of hydrogen-bond acceptors (Lipinski definition) is 4. The zero-order valence-electron chi connectivity index (χ0n) is 20.9. The molecule has 7 heteroatoms. The largest absolute Gasteiger partial charge is 0.492 e. The minimum absolute atomic E-state index is 0.0900. The van der Waals surface area contributed by atoms with Crippen LogP contribution in [-0.2, 0) is 14.8 Å². The highest BCUT2D eigenvalue weighted by Crippen LogP contribution is 2.32. The summed E-state index contributed by atoms with van der Waals surface area (Å²) in [5.74, 6) is -0.0596. The fraction of sp³-hybridized carbons (Fsp3) is 0.167. The predicted octanol–water partition coefficient (Wildman–Crippen LogP) is 5.49. The molecule has 4 aromatic rings. The predicted molar refractivity (Wildman–Crippen MR) is 146 cm³/mol. The Balaban J connectivity index is 1.71. The third kappa shape index (κ3) is 6.19. The van der Waals surface area contributed by atoms with Crippen LogP contribution in [-0.4, -0.2) is 27.5 Å². The average molecular weight is 515 g/mol. The van der Waals surface area contributed by atoms with Crippen molar-refractivity contribution >= 4 is 21.6 Å². The second-order valence-electron chi connectivity index (χ2n) is 8.55. The van der Waals surface area contributed by atoms with Gasteiger partial charge in [-0.25, -0.2) is 8.42 Å². The molecule has 190 valence electrons. The lowest BCUT2D eigenvalue weighted by molar-refractivity contribution is -0.120. The molecule has 1 N–H and O–H groups in total. The Hall–Kier alpha value is -4.10. The highest BCUT2D eigenvalue weighted by atomic mass is 32.2. The zero-order chi connectivity index (χ0) is 26.3. The molecule has 37 heavy (non-hydrogen) atoms. The molecular weight excluding hydrogens is 484 g/mol. The number of aryl methyl sites for hydroxylation is 1. The maximum atomic E-state index is 13.8. The van der Waals surface area contributed by atoms with Crippen molar-refractivity contribution < 1.29 is 17.9 Å². The van der Waals surface area contributed by atoms with Crippen LogP contribution < -0.4 is 14.4 Å². The number of benzene rings is 4. The first-order chi connectivity index (χ1) is 17.9. The Bertz CT molecular complexity index is 1420. The molecule has 0 unspecified atom stereocenters. The van der Waals surface area contributed by atoms with E-state index in [1.165, 1.54) is 12.1 Å². The number of hydrogen-bond donors (Lipinski definition) is 1. The van der Waals surface area contributed by atoms with E-state index < -0.39 is 28.5 Å². The highest BCUT2D eigenvalue weighted by Gasteiger charge is 2.30. The van der Waals surface area contributed by atoms with Crippen LogP contribution in [0.5, 0.6) is 5.75 Å². The summed E-state index contributed by atoms with van der Waals surface area (Å²) in [6.45, 7) is 3.76. The Kier molecular flexibility index (Phi) is 8.25. The van der Waals surface area contributed by atoms with Crippen LogP contribution in [0.1, 0.15) is 29.7 Å². The molecule has 0 aliphatic heterocycles. The molecule has 0 saturated carbocycles. The number of nitrogens with one attached hydrogen (secondary N) is 1. The number of anilines is 1. The van der Waals surface area contributed by atoms with Gasteiger partial charge in [-0.2, -0.15) is 0 Å². The van der Waals surface area contributed by atoms with Crippen LogP contribution in [0.2, 0.25) is 0 Å². The minimum atomic E-state index is -4.07.